The van der Waals surface area contributed by atoms with Crippen LogP contribution in [0.4, 0.5) is 0 Å². The lowest BCUT2D eigenvalue weighted by molar-refractivity contribution is -0.0161. The Hall–Kier alpha value is -1.40. The zero-order chi connectivity index (χ0) is 13.6. The van der Waals surface area contributed by atoms with E-state index in [1.165, 1.54) is 0 Å². The highest BCUT2D eigenvalue weighted by Crippen LogP contribution is 2.37. The lowest BCUT2D eigenvalue weighted by atomic mass is 9.72. The number of carbonyl (C=O) groups excluding carboxylic acids is 1. The summed E-state index contributed by atoms with van der Waals surface area (Å²) in [6, 6.07) is -0.0527. The second kappa shape index (κ2) is 4.61. The van der Waals surface area contributed by atoms with Gasteiger partial charge in [0, 0.05) is 31.8 Å². The molecule has 0 spiro atoms. The second-order valence-electron chi connectivity index (χ2n) is 5.38. The molecule has 6 nitrogen and oxygen atoms in total. The number of nitrogens with one attached hydrogen (secondary N) is 1. The summed E-state index contributed by atoms with van der Waals surface area (Å²) in [6.45, 7) is 2.74. The fraction of sp³-hybridized carbons (Fsp3) is 0.692. The molecule has 4 unspecified atom stereocenters. The van der Waals surface area contributed by atoms with E-state index in [0.717, 1.165) is 25.1 Å². The molecule has 1 saturated heterocycles. The lowest BCUT2D eigenvalue weighted by Gasteiger charge is -2.45. The van der Waals surface area contributed by atoms with Gasteiger partial charge in [-0.05, 0) is 12.8 Å². The number of nitrogens with two attached hydrogens (primary N) is 1. The molecule has 2 fully saturated rings. The van der Waals surface area contributed by atoms with E-state index in [2.05, 4.69) is 10.4 Å². The Labute approximate surface area is 112 Å². The molecule has 1 amide bonds. The first-order chi connectivity index (χ1) is 9.11. The smallest absolute Gasteiger partial charge is 0.255 e. The number of nitrogens with zero attached hydrogens (tertiary/aromatic N) is 2. The molecule has 4 atom stereocenters. The van der Waals surface area contributed by atoms with Gasteiger partial charge in [0.25, 0.3) is 5.91 Å². The number of aryl methyl sites for hydroxylation is 2. The maximum Gasteiger partial charge on any atom is 0.255 e. The largest absolute Gasteiger partial charge is 0.376 e. The number of carbonyl (C=O) groups is 1. The number of rotatable bonds is 3. The number of aromatic nitrogens is 2. The van der Waals surface area contributed by atoms with E-state index in [4.69, 9.17) is 10.5 Å². The Kier molecular flexibility index (Phi) is 3.06. The first kappa shape index (κ1) is 12.6. The van der Waals surface area contributed by atoms with Gasteiger partial charge in [-0.2, -0.15) is 5.10 Å². The van der Waals surface area contributed by atoms with Crippen LogP contribution in [0.2, 0.25) is 0 Å². The third-order valence-electron chi connectivity index (χ3n) is 4.23. The molecule has 2 aliphatic rings. The van der Waals surface area contributed by atoms with Crippen LogP contribution in [-0.4, -0.2) is 40.5 Å². The highest BCUT2D eigenvalue weighted by Gasteiger charge is 2.52. The van der Waals surface area contributed by atoms with Crippen molar-refractivity contribution in [3.8, 4) is 0 Å². The van der Waals surface area contributed by atoms with Crippen LogP contribution in [0.25, 0.3) is 0 Å². The number of ether oxygens (including phenoxy) is 1. The summed E-state index contributed by atoms with van der Waals surface area (Å²) in [5.41, 5.74) is 7.55. The van der Waals surface area contributed by atoms with Crippen LogP contribution in [0.5, 0.6) is 0 Å². The van der Waals surface area contributed by atoms with Crippen molar-refractivity contribution in [1.82, 2.24) is 15.1 Å². The summed E-state index contributed by atoms with van der Waals surface area (Å²) in [5.74, 6) is 0.309. The van der Waals surface area contributed by atoms with Crippen LogP contribution in [-0.2, 0) is 18.2 Å². The summed E-state index contributed by atoms with van der Waals surface area (Å²) in [5, 5.41) is 7.28. The van der Waals surface area contributed by atoms with Crippen molar-refractivity contribution in [3.05, 3.63) is 17.5 Å². The molecule has 3 N–H and O–H groups in total. The highest BCUT2D eigenvalue weighted by molar-refractivity contribution is 5.95. The first-order valence-corrected chi connectivity index (χ1v) is 6.82. The Balaban J connectivity index is 1.71. The fourth-order valence-electron chi connectivity index (χ4n) is 3.14. The summed E-state index contributed by atoms with van der Waals surface area (Å²) >= 11 is 0. The summed E-state index contributed by atoms with van der Waals surface area (Å²) in [6.07, 6.45) is 3.60. The monoisotopic (exact) mass is 264 g/mol. The Morgan fingerprint density at radius 2 is 2.47 bits per heavy atom. The summed E-state index contributed by atoms with van der Waals surface area (Å²) in [4.78, 5) is 12.3. The molecule has 1 saturated carbocycles. The molecule has 1 aliphatic carbocycles. The molecule has 104 valence electrons. The summed E-state index contributed by atoms with van der Waals surface area (Å²) < 4.78 is 7.29. The average Bonchev–Trinajstić information content (AvgIpc) is 2.99. The van der Waals surface area contributed by atoms with Crippen LogP contribution >= 0.6 is 0 Å². The number of hydrogen-bond donors (Lipinski definition) is 2. The summed E-state index contributed by atoms with van der Waals surface area (Å²) in [7, 11) is 1.82. The quantitative estimate of drug-likeness (QED) is 0.794. The first-order valence-electron chi connectivity index (χ1n) is 6.82. The van der Waals surface area contributed by atoms with Crippen molar-refractivity contribution in [2.45, 2.75) is 38.0 Å². The molecule has 0 bridgehead atoms. The Morgan fingerprint density at radius 1 is 1.68 bits per heavy atom. The molecular formula is C13H20N4O2. The molecule has 0 aromatic carbocycles. The van der Waals surface area contributed by atoms with Crippen molar-refractivity contribution < 1.29 is 9.53 Å². The Morgan fingerprint density at radius 3 is 3.21 bits per heavy atom. The second-order valence-corrected chi connectivity index (χ2v) is 5.38. The van der Waals surface area contributed by atoms with Gasteiger partial charge >= 0.3 is 0 Å². The normalized spacial score (nSPS) is 32.8. The van der Waals surface area contributed by atoms with Crippen molar-refractivity contribution >= 4 is 5.91 Å². The van der Waals surface area contributed by atoms with Gasteiger partial charge < -0.3 is 15.8 Å². The molecule has 0 radical (unpaired) electrons. The third-order valence-corrected chi connectivity index (χ3v) is 4.23. The van der Waals surface area contributed by atoms with Gasteiger partial charge in [0.05, 0.1) is 23.4 Å². The molecule has 1 aliphatic heterocycles. The van der Waals surface area contributed by atoms with Gasteiger partial charge in [-0.15, -0.1) is 0 Å². The number of fused-ring (bicyclic) bond motifs is 1. The fourth-order valence-corrected chi connectivity index (χ4v) is 3.14. The predicted octanol–water partition coefficient (Wildman–Crippen LogP) is -0.173. The maximum absolute atomic E-state index is 12.3. The molecule has 3 rings (SSSR count). The third kappa shape index (κ3) is 1.95. The Bertz CT molecular complexity index is 499. The highest BCUT2D eigenvalue weighted by atomic mass is 16.5. The van der Waals surface area contributed by atoms with Crippen LogP contribution in [0, 0.1) is 5.92 Å². The van der Waals surface area contributed by atoms with Crippen molar-refractivity contribution in [2.75, 3.05) is 6.61 Å². The van der Waals surface area contributed by atoms with Crippen LogP contribution in [0.15, 0.2) is 6.20 Å². The van der Waals surface area contributed by atoms with E-state index in [-0.39, 0.29) is 24.1 Å². The number of hydrogen-bond acceptors (Lipinski definition) is 4. The van der Waals surface area contributed by atoms with E-state index in [0.29, 0.717) is 11.5 Å². The SMILES string of the molecule is CCc1nn(C)cc1C(=O)NC1C(N)C2CCOC21. The van der Waals surface area contributed by atoms with Gasteiger partial charge in [0.1, 0.15) is 0 Å². The minimum absolute atomic E-state index is 0.0122. The van der Waals surface area contributed by atoms with Gasteiger partial charge in [-0.25, -0.2) is 0 Å². The molecule has 1 aromatic rings. The lowest BCUT2D eigenvalue weighted by Crippen LogP contribution is -2.69. The molecular weight excluding hydrogens is 244 g/mol. The van der Waals surface area contributed by atoms with Gasteiger partial charge in [-0.3, -0.25) is 9.48 Å². The molecule has 1 aromatic heterocycles. The van der Waals surface area contributed by atoms with Gasteiger partial charge in [-0.1, -0.05) is 6.92 Å². The average molecular weight is 264 g/mol. The van der Waals surface area contributed by atoms with Crippen LogP contribution in [0.3, 0.4) is 0 Å². The topological polar surface area (TPSA) is 82.2 Å². The van der Waals surface area contributed by atoms with Crippen molar-refractivity contribution in [2.24, 2.45) is 18.7 Å². The standard InChI is InChI=1S/C13H20N4O2/c1-3-9-8(6-17(2)16-9)13(18)15-11-10(14)7-4-5-19-12(7)11/h6-7,10-12H,3-5,14H2,1-2H3,(H,15,18). The predicted molar refractivity (Wildman–Crippen MR) is 69.7 cm³/mol. The number of amides is 1. The molecule has 2 heterocycles. The minimum Gasteiger partial charge on any atom is -0.376 e. The van der Waals surface area contributed by atoms with Gasteiger partial charge in [0.15, 0.2) is 0 Å². The van der Waals surface area contributed by atoms with Crippen molar-refractivity contribution in [1.29, 1.82) is 0 Å². The van der Waals surface area contributed by atoms with Gasteiger partial charge in [0.2, 0.25) is 0 Å². The minimum atomic E-state index is -0.0978. The van der Waals surface area contributed by atoms with Crippen LogP contribution < -0.4 is 11.1 Å². The van der Waals surface area contributed by atoms with E-state index < -0.39 is 0 Å². The van der Waals surface area contributed by atoms with E-state index in [9.17, 15) is 4.79 Å². The van der Waals surface area contributed by atoms with E-state index in [1.807, 2.05) is 14.0 Å². The van der Waals surface area contributed by atoms with E-state index >= 15 is 0 Å². The molecule has 19 heavy (non-hydrogen) atoms. The van der Waals surface area contributed by atoms with Crippen molar-refractivity contribution in [3.63, 3.8) is 0 Å². The molecule has 6 heteroatoms. The zero-order valence-electron chi connectivity index (χ0n) is 11.3. The zero-order valence-corrected chi connectivity index (χ0v) is 11.3. The maximum atomic E-state index is 12.3. The van der Waals surface area contributed by atoms with E-state index in [1.54, 1.807) is 10.9 Å². The van der Waals surface area contributed by atoms with Crippen LogP contribution in [0.1, 0.15) is 29.4 Å².